The molecule has 1 amide bonds. The molecule has 3 fully saturated rings. The Kier molecular flexibility index (Phi) is 24.6. The first-order valence-corrected chi connectivity index (χ1v) is 41.7. The molecule has 19 rings (SSSR count). The summed E-state index contributed by atoms with van der Waals surface area (Å²) >= 11 is 1.31. The van der Waals surface area contributed by atoms with Crippen LogP contribution < -0.4 is 62.5 Å². The van der Waals surface area contributed by atoms with E-state index in [0.717, 1.165) is 129 Å². The fourth-order valence-electron chi connectivity index (χ4n) is 14.9. The van der Waals surface area contributed by atoms with Crippen molar-refractivity contribution >= 4 is 107 Å². The van der Waals surface area contributed by atoms with Crippen LogP contribution in [0.15, 0.2) is 315 Å². The Morgan fingerprint density at radius 3 is 1.02 bits per heavy atom. The van der Waals surface area contributed by atoms with Crippen molar-refractivity contribution in [3.8, 4) is 40.4 Å². The number of anilines is 8. The van der Waals surface area contributed by atoms with E-state index < -0.39 is 0 Å². The van der Waals surface area contributed by atoms with E-state index in [0.29, 0.717) is 86.0 Å². The zero-order valence-electron chi connectivity index (χ0n) is 67.8. The topological polar surface area (TPSA) is 244 Å². The Balaban J connectivity index is 0.000000120. The maximum atomic E-state index is 13.3. The molecule has 0 bridgehead atoms. The highest BCUT2D eigenvalue weighted by atomic mass is 32.2. The number of aromatic nitrogens is 8. The summed E-state index contributed by atoms with van der Waals surface area (Å²) in [5, 5.41) is 19.2. The van der Waals surface area contributed by atoms with Gasteiger partial charge in [0, 0.05) is 98.6 Å². The summed E-state index contributed by atoms with van der Waals surface area (Å²) in [6.45, 7) is 8.28. The van der Waals surface area contributed by atoms with Gasteiger partial charge in [0.1, 0.15) is 50.6 Å². The van der Waals surface area contributed by atoms with Gasteiger partial charge >= 0.3 is 0 Å². The highest BCUT2D eigenvalue weighted by Gasteiger charge is 2.28. The molecule has 22 heteroatoms. The largest absolute Gasteiger partial charge is 0.480 e. The first kappa shape index (κ1) is 80.4. The summed E-state index contributed by atoms with van der Waals surface area (Å²) in [4.78, 5) is 83.2. The van der Waals surface area contributed by atoms with E-state index in [4.69, 9.17) is 14.2 Å². The van der Waals surface area contributed by atoms with Crippen molar-refractivity contribution in [1.29, 1.82) is 0 Å². The fourth-order valence-corrected chi connectivity index (χ4v) is 15.8. The molecule has 0 radical (unpaired) electrons. The molecule has 0 spiro atoms. The van der Waals surface area contributed by atoms with E-state index in [1.165, 1.54) is 31.7 Å². The number of ether oxygens (including phenoxy) is 3. The second kappa shape index (κ2) is 37.1. The van der Waals surface area contributed by atoms with Gasteiger partial charge in [-0.05, 0) is 206 Å². The summed E-state index contributed by atoms with van der Waals surface area (Å²) in [5.41, 5.74) is 13.2. The van der Waals surface area contributed by atoms with E-state index in [2.05, 4.69) is 55.7 Å². The smallest absolute Gasteiger partial charge is 0.230 e. The summed E-state index contributed by atoms with van der Waals surface area (Å²) in [6, 6.07) is 93.7. The summed E-state index contributed by atoms with van der Waals surface area (Å²) in [5.74, 6) is 4.75. The predicted molar refractivity (Wildman–Crippen MR) is 487 cm³/mol. The Morgan fingerprint density at radius 1 is 0.372 bits per heavy atom. The average molecular weight is 1620 g/mol. The van der Waals surface area contributed by atoms with E-state index in [1.807, 2.05) is 304 Å². The Labute approximate surface area is 703 Å². The van der Waals surface area contributed by atoms with Crippen LogP contribution in [0.1, 0.15) is 74.1 Å². The maximum absolute atomic E-state index is 13.3. The highest BCUT2D eigenvalue weighted by Crippen LogP contribution is 2.38. The molecule has 8 aromatic carbocycles. The van der Waals surface area contributed by atoms with Crippen LogP contribution in [0.4, 0.5) is 46.0 Å². The Hall–Kier alpha value is -14.4. The number of methoxy groups -OCH3 is 1. The zero-order chi connectivity index (χ0) is 83.3. The van der Waals surface area contributed by atoms with Gasteiger partial charge in [-0.2, -0.15) is 0 Å². The van der Waals surface area contributed by atoms with Crippen LogP contribution in [0, 0.1) is 33.6 Å². The number of thioether (sulfide) groups is 1. The first-order chi connectivity index (χ1) is 59.1. The number of benzene rings is 8. The maximum Gasteiger partial charge on any atom is 0.230 e. The Morgan fingerprint density at radius 2 is 0.678 bits per heavy atom. The van der Waals surface area contributed by atoms with Crippen molar-refractivity contribution in [2.45, 2.75) is 96.2 Å². The number of carbonyl (C=O) groups is 1. The summed E-state index contributed by atoms with van der Waals surface area (Å²) in [6.07, 6.45) is 8.93. The normalized spacial score (nSPS) is 12.9. The number of nitrogens with one attached hydrogen (secondary N) is 5. The molecule has 8 aromatic heterocycles. The molecule has 21 nitrogen and oxygen atoms in total. The van der Waals surface area contributed by atoms with Gasteiger partial charge in [-0.1, -0.05) is 157 Å². The lowest BCUT2D eigenvalue weighted by molar-refractivity contribution is -0.118. The SMILES string of the molecule is COc1nc(C)cc2c1c(=O)cc(Nc1ccccc1)n2-c1ccccc1.Cc1cc2c(c(OC3CCCC3)n1)c(=O)cc(Nc1ccccc1)n2-c1ccccc1.Cc1cc2c(c(OCC3CC3)n1)c(=O)cc(Nc1ccccc1)n2-c1ccccc1.Cc1cc2c(c(SCC(=O)NC3CC3)n1)c(=O)cc(Nc1ccccc1)n2-c1ccccc1. The van der Waals surface area contributed by atoms with Crippen molar-refractivity contribution in [2.24, 2.45) is 5.92 Å². The quantitative estimate of drug-likeness (QED) is 0.0396. The van der Waals surface area contributed by atoms with E-state index in [9.17, 15) is 24.0 Å². The van der Waals surface area contributed by atoms with Gasteiger partial charge in [0.15, 0.2) is 21.7 Å². The highest BCUT2D eigenvalue weighted by molar-refractivity contribution is 8.00. The standard InChI is InChI=1S/C26H24N4O2S.C26H25N3O2.C25H23N3O2.C22H19N3O2/c1-17-14-21-25(26(27-17)33-16-24(32)29-19-12-13-19)22(31)15-23(28-18-8-4-2-5-9-18)30(21)20-10-6-3-7-11-20;1-18-16-22-25(26(27-18)31-21-14-8-9-15-21)23(30)17-24(28-19-10-4-2-5-11-19)29(22)20-12-6-3-7-13-20;1-17-14-21-24(25(26-17)30-16-18-12-13-18)22(29)15-23(27-19-8-4-2-5-9-19)28(21)20-10-6-3-7-11-20;1-15-13-18-21(22(23-15)27-2)19(26)14-20(24-16-9-5-3-6-10-16)25(18)17-11-7-4-8-12-17/h2-11,14-15,19,28H,12-13,16H2,1H3,(H,29,32);2-7,10-13,16-17,21,28H,8-9,14-15H2,1H3;2-11,14-15,18,27H,12-13,16H2,1H3;3-14,24H,1-2H3. The Bertz CT molecular complexity index is 6640. The molecule has 3 aliphatic carbocycles. The second-order valence-electron chi connectivity index (χ2n) is 30.2. The van der Waals surface area contributed by atoms with Crippen molar-refractivity contribution in [1.82, 2.24) is 43.5 Å². The second-order valence-corrected chi connectivity index (χ2v) is 31.2. The number of hydrogen-bond donors (Lipinski definition) is 5. The zero-order valence-corrected chi connectivity index (χ0v) is 68.6. The van der Waals surface area contributed by atoms with Crippen LogP contribution >= 0.6 is 11.8 Å². The molecule has 0 unspecified atom stereocenters. The molecular formula is C99H91N13O8S. The molecule has 3 saturated carbocycles. The minimum atomic E-state index is -0.139. The molecule has 8 heterocycles. The van der Waals surface area contributed by atoms with Crippen LogP contribution in [-0.4, -0.2) is 75.7 Å². The molecule has 5 N–H and O–H groups in total. The van der Waals surface area contributed by atoms with Crippen LogP contribution in [0.5, 0.6) is 17.6 Å². The molecule has 0 atom stereocenters. The van der Waals surface area contributed by atoms with Crippen molar-refractivity contribution in [3.63, 3.8) is 0 Å². The molecule has 16 aromatic rings. The third kappa shape index (κ3) is 19.3. The van der Waals surface area contributed by atoms with Crippen LogP contribution in [-0.2, 0) is 4.79 Å². The van der Waals surface area contributed by atoms with Gasteiger partial charge < -0.3 is 40.8 Å². The van der Waals surface area contributed by atoms with E-state index in [-0.39, 0.29) is 39.5 Å². The average Bonchev–Trinajstić information content (AvgIpc) is 1.45. The van der Waals surface area contributed by atoms with Gasteiger partial charge in [0.25, 0.3) is 0 Å². The lowest BCUT2D eigenvalue weighted by Gasteiger charge is -2.21. The third-order valence-corrected chi connectivity index (χ3v) is 21.8. The van der Waals surface area contributed by atoms with Gasteiger partial charge in [0.2, 0.25) is 23.5 Å². The number of hydrogen-bond acceptors (Lipinski definition) is 17. The number of fused-ring (bicyclic) bond motifs is 4. The first-order valence-electron chi connectivity index (χ1n) is 40.7. The number of pyridine rings is 8. The van der Waals surface area contributed by atoms with Crippen LogP contribution in [0.3, 0.4) is 0 Å². The summed E-state index contributed by atoms with van der Waals surface area (Å²) in [7, 11) is 1.53. The van der Waals surface area contributed by atoms with Crippen LogP contribution in [0.25, 0.3) is 66.4 Å². The lowest BCUT2D eigenvalue weighted by atomic mass is 10.2. The number of aryl methyl sites for hydroxylation is 4. The monoisotopic (exact) mass is 1620 g/mol. The molecule has 3 aliphatic rings. The van der Waals surface area contributed by atoms with Crippen molar-refractivity contribution < 1.29 is 19.0 Å². The number of carbonyl (C=O) groups excluding carboxylic acids is 1. The van der Waals surface area contributed by atoms with E-state index >= 15 is 0 Å². The number of nitrogens with zero attached hydrogens (tertiary/aromatic N) is 8. The minimum absolute atomic E-state index is 0.0234. The van der Waals surface area contributed by atoms with Crippen molar-refractivity contribution in [2.75, 3.05) is 40.7 Å². The number of rotatable bonds is 22. The van der Waals surface area contributed by atoms with Gasteiger partial charge in [-0.15, -0.1) is 0 Å². The number of amides is 1. The molecule has 606 valence electrons. The van der Waals surface area contributed by atoms with Crippen molar-refractivity contribution in [3.05, 3.63) is 355 Å². The van der Waals surface area contributed by atoms with Crippen LogP contribution in [0.2, 0.25) is 0 Å². The van der Waals surface area contributed by atoms with Gasteiger partial charge in [0.05, 0.1) is 46.9 Å². The predicted octanol–water partition coefficient (Wildman–Crippen LogP) is 20.2. The third-order valence-electron chi connectivity index (χ3n) is 20.8. The molecule has 0 aliphatic heterocycles. The number of para-hydroxylation sites is 8. The van der Waals surface area contributed by atoms with E-state index in [1.54, 1.807) is 24.3 Å². The van der Waals surface area contributed by atoms with Gasteiger partial charge in [-0.3, -0.25) is 42.2 Å². The molecular weight excluding hydrogens is 1530 g/mol. The molecule has 121 heavy (non-hydrogen) atoms. The van der Waals surface area contributed by atoms with Gasteiger partial charge in [-0.25, -0.2) is 19.9 Å². The minimum Gasteiger partial charge on any atom is -0.480 e. The fraction of sp³-hybridized carbons (Fsp3) is 0.182. The lowest BCUT2D eigenvalue weighted by Crippen LogP contribution is -2.27. The summed E-state index contributed by atoms with van der Waals surface area (Å²) < 4.78 is 25.8. The molecule has 0 saturated heterocycles.